The topological polar surface area (TPSA) is 38.5 Å². The molecule has 0 amide bonds. The maximum Gasteiger partial charge on any atom is 0.133 e. The van der Waals surface area contributed by atoms with Crippen LogP contribution in [0.4, 0.5) is 0 Å². The van der Waals surface area contributed by atoms with Crippen LogP contribution in [0.2, 0.25) is 0 Å². The summed E-state index contributed by atoms with van der Waals surface area (Å²) in [7, 11) is 3.83. The van der Waals surface area contributed by atoms with Crippen LogP contribution in [-0.2, 0) is 0 Å². The van der Waals surface area contributed by atoms with Crippen LogP contribution in [0.15, 0.2) is 22.7 Å². The summed E-state index contributed by atoms with van der Waals surface area (Å²) in [5.41, 5.74) is 7.19. The Balaban J connectivity index is 2.93. The van der Waals surface area contributed by atoms with Crippen molar-refractivity contribution in [1.82, 2.24) is 4.90 Å². The fraction of sp³-hybridized carbons (Fsp3) is 0.600. The van der Waals surface area contributed by atoms with E-state index in [1.54, 1.807) is 7.11 Å². The first-order valence-electron chi connectivity index (χ1n) is 6.80. The molecule has 0 bridgehead atoms. The largest absolute Gasteiger partial charge is 0.496 e. The zero-order valence-electron chi connectivity index (χ0n) is 12.3. The second kappa shape index (κ2) is 7.88. The van der Waals surface area contributed by atoms with Gasteiger partial charge in [0.15, 0.2) is 0 Å². The molecular formula is C15H25BrN2O. The molecule has 1 aromatic rings. The molecule has 108 valence electrons. The summed E-state index contributed by atoms with van der Waals surface area (Å²) in [4.78, 5) is 2.36. The van der Waals surface area contributed by atoms with Crippen molar-refractivity contribution in [1.29, 1.82) is 0 Å². The summed E-state index contributed by atoms with van der Waals surface area (Å²) in [6, 6.07) is 6.95. The van der Waals surface area contributed by atoms with Gasteiger partial charge in [-0.15, -0.1) is 0 Å². The maximum atomic E-state index is 5.97. The maximum absolute atomic E-state index is 5.97. The van der Waals surface area contributed by atoms with Crippen molar-refractivity contribution in [3.63, 3.8) is 0 Å². The first-order valence-corrected chi connectivity index (χ1v) is 7.59. The summed E-state index contributed by atoms with van der Waals surface area (Å²) in [5, 5.41) is 0. The number of nitrogens with two attached hydrogens (primary N) is 1. The quantitative estimate of drug-likeness (QED) is 0.831. The molecule has 0 aliphatic heterocycles. The normalized spacial score (nSPS) is 14.5. The van der Waals surface area contributed by atoms with Gasteiger partial charge in [0, 0.05) is 18.6 Å². The van der Waals surface area contributed by atoms with Gasteiger partial charge >= 0.3 is 0 Å². The molecule has 1 rings (SSSR count). The number of hydrogen-bond acceptors (Lipinski definition) is 3. The Bertz CT molecular complexity index is 398. The lowest BCUT2D eigenvalue weighted by Crippen LogP contribution is -2.37. The Hall–Kier alpha value is -0.580. The molecule has 0 radical (unpaired) electrons. The Morgan fingerprint density at radius 1 is 1.42 bits per heavy atom. The highest BCUT2D eigenvalue weighted by atomic mass is 79.9. The van der Waals surface area contributed by atoms with Crippen LogP contribution in [-0.4, -0.2) is 31.6 Å². The van der Waals surface area contributed by atoms with Crippen molar-refractivity contribution >= 4 is 15.9 Å². The minimum atomic E-state index is 0.240. The third-order valence-electron chi connectivity index (χ3n) is 3.68. The molecule has 0 spiro atoms. The number of benzene rings is 1. The van der Waals surface area contributed by atoms with Crippen molar-refractivity contribution in [2.24, 2.45) is 5.73 Å². The van der Waals surface area contributed by atoms with Gasteiger partial charge in [-0.05, 0) is 54.0 Å². The number of likely N-dealkylation sites (N-methyl/N-ethyl adjacent to an activating group) is 1. The second-order valence-electron chi connectivity index (χ2n) is 4.95. The second-order valence-corrected chi connectivity index (χ2v) is 5.80. The number of methoxy groups -OCH3 is 1. The molecule has 0 heterocycles. The van der Waals surface area contributed by atoms with Crippen molar-refractivity contribution in [3.05, 3.63) is 28.2 Å². The first kappa shape index (κ1) is 16.5. The highest BCUT2D eigenvalue weighted by Crippen LogP contribution is 2.30. The van der Waals surface area contributed by atoms with E-state index < -0.39 is 0 Å². The number of nitrogens with zero attached hydrogens (tertiary/aromatic N) is 1. The zero-order valence-corrected chi connectivity index (χ0v) is 13.9. The van der Waals surface area contributed by atoms with E-state index in [2.05, 4.69) is 53.9 Å². The van der Waals surface area contributed by atoms with Crippen LogP contribution in [0.3, 0.4) is 0 Å². The van der Waals surface area contributed by atoms with E-state index in [9.17, 15) is 0 Å². The summed E-state index contributed by atoms with van der Waals surface area (Å²) < 4.78 is 6.24. The van der Waals surface area contributed by atoms with Gasteiger partial charge in [-0.2, -0.15) is 0 Å². The lowest BCUT2D eigenvalue weighted by molar-refractivity contribution is 0.179. The van der Waals surface area contributed by atoms with Gasteiger partial charge < -0.3 is 10.5 Å². The van der Waals surface area contributed by atoms with Crippen LogP contribution in [0.1, 0.15) is 38.3 Å². The Labute approximate surface area is 125 Å². The fourth-order valence-corrected chi connectivity index (χ4v) is 2.91. The van der Waals surface area contributed by atoms with Gasteiger partial charge in [0.05, 0.1) is 11.6 Å². The molecule has 19 heavy (non-hydrogen) atoms. The SMILES string of the molecule is CCCC(C)N(C)C(CN)c1ccc(OC)c(Br)c1. The molecule has 0 aromatic heterocycles. The molecule has 3 nitrogen and oxygen atoms in total. The Kier molecular flexibility index (Phi) is 6.83. The minimum Gasteiger partial charge on any atom is -0.496 e. The molecule has 0 saturated heterocycles. The van der Waals surface area contributed by atoms with Crippen LogP contribution >= 0.6 is 15.9 Å². The molecule has 4 heteroatoms. The first-order chi connectivity index (χ1) is 9.04. The van der Waals surface area contributed by atoms with Crippen LogP contribution in [0.25, 0.3) is 0 Å². The molecule has 0 fully saturated rings. The van der Waals surface area contributed by atoms with Crippen molar-refractivity contribution in [2.75, 3.05) is 20.7 Å². The van der Waals surface area contributed by atoms with E-state index in [-0.39, 0.29) is 6.04 Å². The van der Waals surface area contributed by atoms with E-state index >= 15 is 0 Å². The van der Waals surface area contributed by atoms with Crippen molar-refractivity contribution < 1.29 is 4.74 Å². The summed E-state index contributed by atoms with van der Waals surface area (Å²) in [5.74, 6) is 0.851. The zero-order chi connectivity index (χ0) is 14.4. The van der Waals surface area contributed by atoms with Gasteiger partial charge in [0.1, 0.15) is 5.75 Å². The molecule has 2 atom stereocenters. The number of ether oxygens (including phenoxy) is 1. The lowest BCUT2D eigenvalue weighted by Gasteiger charge is -2.33. The lowest BCUT2D eigenvalue weighted by atomic mass is 10.0. The van der Waals surface area contributed by atoms with Gasteiger partial charge in [0.2, 0.25) is 0 Å². The summed E-state index contributed by atoms with van der Waals surface area (Å²) >= 11 is 3.54. The van der Waals surface area contributed by atoms with E-state index in [1.807, 2.05) is 6.07 Å². The Morgan fingerprint density at radius 3 is 2.58 bits per heavy atom. The van der Waals surface area contributed by atoms with Gasteiger partial charge in [-0.3, -0.25) is 4.90 Å². The summed E-state index contributed by atoms with van der Waals surface area (Å²) in [6.45, 7) is 5.08. The number of rotatable bonds is 7. The van der Waals surface area contributed by atoms with E-state index in [0.717, 1.165) is 10.2 Å². The molecule has 2 unspecified atom stereocenters. The highest BCUT2D eigenvalue weighted by Gasteiger charge is 2.20. The molecule has 0 saturated carbocycles. The fourth-order valence-electron chi connectivity index (χ4n) is 2.36. The van der Waals surface area contributed by atoms with Gasteiger partial charge in [-0.25, -0.2) is 0 Å². The highest BCUT2D eigenvalue weighted by molar-refractivity contribution is 9.10. The van der Waals surface area contributed by atoms with E-state index in [1.165, 1.54) is 18.4 Å². The monoisotopic (exact) mass is 328 g/mol. The standard InChI is InChI=1S/C15H25BrN2O/c1-5-6-11(2)18(3)14(10-17)12-7-8-15(19-4)13(16)9-12/h7-9,11,14H,5-6,10,17H2,1-4H3. The Morgan fingerprint density at radius 2 is 2.11 bits per heavy atom. The smallest absolute Gasteiger partial charge is 0.133 e. The molecule has 2 N–H and O–H groups in total. The number of halogens is 1. The minimum absolute atomic E-state index is 0.240. The predicted octanol–water partition coefficient (Wildman–Crippen LogP) is 3.58. The third-order valence-corrected chi connectivity index (χ3v) is 4.30. The summed E-state index contributed by atoms with van der Waals surface area (Å²) in [6.07, 6.45) is 2.37. The van der Waals surface area contributed by atoms with Gasteiger partial charge in [-0.1, -0.05) is 19.4 Å². The predicted molar refractivity (Wildman–Crippen MR) is 84.6 cm³/mol. The van der Waals surface area contributed by atoms with E-state index in [4.69, 9.17) is 10.5 Å². The molecule has 1 aromatic carbocycles. The average Bonchev–Trinajstić information content (AvgIpc) is 2.40. The third kappa shape index (κ3) is 4.20. The van der Waals surface area contributed by atoms with Crippen molar-refractivity contribution in [3.8, 4) is 5.75 Å². The molecular weight excluding hydrogens is 304 g/mol. The van der Waals surface area contributed by atoms with Crippen LogP contribution < -0.4 is 10.5 Å². The molecule has 0 aliphatic rings. The van der Waals surface area contributed by atoms with Gasteiger partial charge in [0.25, 0.3) is 0 Å². The number of hydrogen-bond donors (Lipinski definition) is 1. The molecule has 0 aliphatic carbocycles. The van der Waals surface area contributed by atoms with Crippen LogP contribution in [0, 0.1) is 0 Å². The van der Waals surface area contributed by atoms with Crippen LogP contribution in [0.5, 0.6) is 5.75 Å². The average molecular weight is 329 g/mol. The van der Waals surface area contributed by atoms with E-state index in [0.29, 0.717) is 12.6 Å². The van der Waals surface area contributed by atoms with Crippen molar-refractivity contribution in [2.45, 2.75) is 38.8 Å².